The first-order chi connectivity index (χ1) is 19.7. The number of anilines is 1. The van der Waals surface area contributed by atoms with Gasteiger partial charge in [-0.05, 0) is 83.9 Å². The third-order valence-corrected chi connectivity index (χ3v) is 11.0. The van der Waals surface area contributed by atoms with Crippen molar-refractivity contribution in [2.75, 3.05) is 30.6 Å². The number of carbonyl (C=O) groups excluding carboxylic acids is 1. The molecule has 218 valence electrons. The number of carbonyl (C=O) groups is 2. The first-order valence-corrected chi connectivity index (χ1v) is 16.7. The summed E-state index contributed by atoms with van der Waals surface area (Å²) in [4.78, 5) is 24.7. The Hall–Kier alpha value is -2.93. The van der Waals surface area contributed by atoms with Crippen molar-refractivity contribution in [2.24, 2.45) is 5.92 Å². The van der Waals surface area contributed by atoms with Gasteiger partial charge in [0.1, 0.15) is 0 Å². The van der Waals surface area contributed by atoms with Gasteiger partial charge in [0.2, 0.25) is 10.0 Å². The molecule has 2 N–H and O–H groups in total. The summed E-state index contributed by atoms with van der Waals surface area (Å²) in [6.45, 7) is 1.36. The Morgan fingerprint density at radius 2 is 1.78 bits per heavy atom. The number of thiophene rings is 1. The van der Waals surface area contributed by atoms with E-state index in [-0.39, 0.29) is 22.4 Å². The number of carboxylic acids is 1. The lowest BCUT2D eigenvalue weighted by atomic mass is 10.1. The van der Waals surface area contributed by atoms with E-state index >= 15 is 0 Å². The van der Waals surface area contributed by atoms with Crippen LogP contribution in [0, 0.1) is 5.92 Å². The third kappa shape index (κ3) is 7.29. The minimum Gasteiger partial charge on any atom is -0.479 e. The molecular weight excluding hydrogens is 632 g/mol. The largest absolute Gasteiger partial charge is 0.479 e. The van der Waals surface area contributed by atoms with Gasteiger partial charge in [0, 0.05) is 6.04 Å². The summed E-state index contributed by atoms with van der Waals surface area (Å²) in [5, 5.41) is 13.2. The van der Waals surface area contributed by atoms with Gasteiger partial charge in [-0.25, -0.2) is 18.0 Å². The molecule has 0 radical (unpaired) electrons. The second-order valence-corrected chi connectivity index (χ2v) is 13.9. The second kappa shape index (κ2) is 12.9. The summed E-state index contributed by atoms with van der Waals surface area (Å²) in [6.07, 6.45) is 3.41. The van der Waals surface area contributed by atoms with Crippen LogP contribution in [0.4, 0.5) is 5.69 Å². The summed E-state index contributed by atoms with van der Waals surface area (Å²) in [7, 11) is -3.75. The highest BCUT2D eigenvalue weighted by atomic mass is 79.9. The molecule has 2 fully saturated rings. The number of halogens is 1. The van der Waals surface area contributed by atoms with Crippen molar-refractivity contribution in [1.82, 2.24) is 5.32 Å². The van der Waals surface area contributed by atoms with Gasteiger partial charge in [0.25, 0.3) is 0 Å². The maximum Gasteiger partial charge on any atom is 0.349 e. The number of nitrogens with one attached hydrogen (secondary N) is 1. The topological polar surface area (TPSA) is 122 Å². The van der Waals surface area contributed by atoms with E-state index in [1.54, 1.807) is 36.4 Å². The number of aromatic carboxylic acids is 1. The van der Waals surface area contributed by atoms with Gasteiger partial charge >= 0.3 is 11.9 Å². The van der Waals surface area contributed by atoms with Crippen LogP contribution in [0.3, 0.4) is 0 Å². The molecule has 12 heteroatoms. The monoisotopic (exact) mass is 662 g/mol. The number of hydrogen-bond acceptors (Lipinski definition) is 8. The third-order valence-electron chi connectivity index (χ3n) is 7.01. The number of piperidine rings is 1. The van der Waals surface area contributed by atoms with Crippen LogP contribution in [0.25, 0.3) is 10.4 Å². The van der Waals surface area contributed by atoms with Gasteiger partial charge in [0.05, 0.1) is 27.4 Å². The first kappa shape index (κ1) is 29.6. The number of rotatable bonds is 12. The molecule has 2 aromatic carbocycles. The molecule has 1 aliphatic carbocycles. The van der Waals surface area contributed by atoms with Crippen LogP contribution in [0.15, 0.2) is 59.1 Å². The molecule has 0 spiro atoms. The van der Waals surface area contributed by atoms with E-state index in [1.165, 1.54) is 4.31 Å². The normalized spacial score (nSPS) is 15.8. The van der Waals surface area contributed by atoms with E-state index in [9.17, 15) is 23.1 Å². The molecule has 2 heterocycles. The van der Waals surface area contributed by atoms with Crippen molar-refractivity contribution in [2.45, 2.75) is 37.5 Å². The summed E-state index contributed by atoms with van der Waals surface area (Å²) < 4.78 is 40.5. The lowest BCUT2D eigenvalue weighted by Crippen LogP contribution is -2.46. The highest BCUT2D eigenvalue weighted by Crippen LogP contribution is 2.46. The van der Waals surface area contributed by atoms with Crippen molar-refractivity contribution in [3.63, 3.8) is 0 Å². The van der Waals surface area contributed by atoms with Gasteiger partial charge in [-0.3, -0.25) is 4.31 Å². The maximum atomic E-state index is 13.9. The standard InChI is InChI=1S/C29H31BrN2O7S2/c30-25-26(39-17-24(33)38-16-19-9-10-19)28(29(34)35)40-27(25)21-7-4-8-23(15-21)32(22-11-13-31-14-12-22)41(36,37)18-20-5-2-1-3-6-20/h1-8,15,19,22,31H,9-14,16-18H2,(H,34,35). The zero-order chi connectivity index (χ0) is 29.0. The lowest BCUT2D eigenvalue weighted by molar-refractivity contribution is -0.146. The van der Waals surface area contributed by atoms with E-state index in [2.05, 4.69) is 21.2 Å². The first-order valence-electron chi connectivity index (χ1n) is 13.4. The van der Waals surface area contributed by atoms with Crippen LogP contribution in [-0.4, -0.2) is 57.8 Å². The predicted molar refractivity (Wildman–Crippen MR) is 161 cm³/mol. The van der Waals surface area contributed by atoms with Crippen molar-refractivity contribution < 1.29 is 32.6 Å². The summed E-state index contributed by atoms with van der Waals surface area (Å²) in [5.41, 5.74) is 1.84. The van der Waals surface area contributed by atoms with Gasteiger partial charge in [-0.2, -0.15) is 0 Å². The molecule has 1 saturated carbocycles. The molecule has 5 rings (SSSR count). The molecule has 41 heavy (non-hydrogen) atoms. The molecule has 9 nitrogen and oxygen atoms in total. The van der Waals surface area contributed by atoms with E-state index in [0.29, 0.717) is 64.6 Å². The number of benzene rings is 2. The number of carboxylic acid groups (broad SMARTS) is 1. The molecule has 2 aliphatic rings. The maximum absolute atomic E-state index is 13.9. The average molecular weight is 664 g/mol. The second-order valence-electron chi connectivity index (χ2n) is 10.2. The van der Waals surface area contributed by atoms with Gasteiger partial charge in [0.15, 0.2) is 17.2 Å². The molecule has 0 unspecified atom stereocenters. The SMILES string of the molecule is O=C(COc1c(C(=O)O)sc(-c2cccc(N(C3CCNCC3)S(=O)(=O)Cc3ccccc3)c2)c1Br)OCC1CC1. The highest BCUT2D eigenvalue weighted by Gasteiger charge is 2.32. The Morgan fingerprint density at radius 3 is 2.46 bits per heavy atom. The minimum atomic E-state index is -3.75. The fourth-order valence-electron chi connectivity index (χ4n) is 4.80. The van der Waals surface area contributed by atoms with Gasteiger partial charge < -0.3 is 19.9 Å². The van der Waals surface area contributed by atoms with Gasteiger partial charge in [-0.1, -0.05) is 42.5 Å². The molecule has 0 atom stereocenters. The molecule has 1 aliphatic heterocycles. The van der Waals surface area contributed by atoms with Crippen molar-refractivity contribution in [3.05, 3.63) is 69.5 Å². The number of ether oxygens (including phenoxy) is 2. The van der Waals surface area contributed by atoms with Crippen molar-refractivity contribution >= 4 is 54.9 Å². The molecule has 0 bridgehead atoms. The summed E-state index contributed by atoms with van der Waals surface area (Å²) in [6, 6.07) is 16.0. The van der Waals surface area contributed by atoms with Crippen LogP contribution in [-0.2, 0) is 25.3 Å². The Balaban J connectivity index is 1.45. The lowest BCUT2D eigenvalue weighted by Gasteiger charge is -2.35. The van der Waals surface area contributed by atoms with Crippen LogP contribution in [0.1, 0.15) is 40.9 Å². The van der Waals surface area contributed by atoms with Crippen LogP contribution < -0.4 is 14.4 Å². The zero-order valence-corrected chi connectivity index (χ0v) is 25.5. The molecule has 1 aromatic heterocycles. The van der Waals surface area contributed by atoms with Crippen LogP contribution in [0.5, 0.6) is 5.75 Å². The smallest absolute Gasteiger partial charge is 0.349 e. The average Bonchev–Trinajstić information content (AvgIpc) is 3.73. The van der Waals surface area contributed by atoms with Gasteiger partial charge in [-0.15, -0.1) is 11.3 Å². The Labute approximate surface area is 251 Å². The summed E-state index contributed by atoms with van der Waals surface area (Å²) in [5.74, 6) is -1.44. The molecule has 1 saturated heterocycles. The van der Waals surface area contributed by atoms with E-state index in [4.69, 9.17) is 9.47 Å². The Kier molecular flexibility index (Phi) is 9.32. The number of sulfonamides is 1. The van der Waals surface area contributed by atoms with Crippen LogP contribution >= 0.6 is 27.3 Å². The minimum absolute atomic E-state index is 0.0400. The zero-order valence-electron chi connectivity index (χ0n) is 22.3. The fourth-order valence-corrected chi connectivity index (χ4v) is 8.54. The van der Waals surface area contributed by atoms with E-state index in [1.807, 2.05) is 18.2 Å². The highest BCUT2D eigenvalue weighted by molar-refractivity contribution is 9.10. The van der Waals surface area contributed by atoms with E-state index in [0.717, 1.165) is 24.2 Å². The summed E-state index contributed by atoms with van der Waals surface area (Å²) >= 11 is 4.47. The molecular formula is C29H31BrN2O7S2. The van der Waals surface area contributed by atoms with Crippen LogP contribution in [0.2, 0.25) is 0 Å². The Bertz CT molecular complexity index is 1500. The Morgan fingerprint density at radius 1 is 1.05 bits per heavy atom. The number of hydrogen-bond donors (Lipinski definition) is 2. The fraction of sp³-hybridized carbons (Fsp3) is 0.379. The molecule has 0 amide bonds. The van der Waals surface area contributed by atoms with Crippen molar-refractivity contribution in [1.29, 1.82) is 0 Å². The molecule has 3 aromatic rings. The number of nitrogens with zero attached hydrogens (tertiary/aromatic N) is 1. The predicted octanol–water partition coefficient (Wildman–Crippen LogP) is 5.30. The van der Waals surface area contributed by atoms with Crippen molar-refractivity contribution in [3.8, 4) is 16.2 Å². The van der Waals surface area contributed by atoms with E-state index < -0.39 is 28.6 Å². The number of esters is 1. The quantitative estimate of drug-likeness (QED) is 0.251.